The lowest BCUT2D eigenvalue weighted by Crippen LogP contribution is -2.55. The van der Waals surface area contributed by atoms with E-state index in [-0.39, 0.29) is 28.9 Å². The van der Waals surface area contributed by atoms with Crippen LogP contribution in [0.2, 0.25) is 5.02 Å². The maximum absolute atomic E-state index is 13.3. The highest BCUT2D eigenvalue weighted by molar-refractivity contribution is 7.60. The molecule has 1 saturated heterocycles. The number of rotatable bonds is 8. The van der Waals surface area contributed by atoms with Gasteiger partial charge in [-0.05, 0) is 72.0 Å². The molecule has 0 aliphatic carbocycles. The first-order valence-corrected chi connectivity index (χ1v) is 14.4. The lowest BCUT2D eigenvalue weighted by molar-refractivity contribution is -0.131. The van der Waals surface area contributed by atoms with Crippen molar-refractivity contribution < 1.29 is 29.4 Å². The summed E-state index contributed by atoms with van der Waals surface area (Å²) in [6.07, 6.45) is 0.0873. The van der Waals surface area contributed by atoms with Gasteiger partial charge in [-0.25, -0.2) is 0 Å². The number of carbonyl (C=O) groups excluding carboxylic acids is 1. The smallest absolute Gasteiger partial charge is 0.356 e. The molecule has 0 saturated carbocycles. The van der Waals surface area contributed by atoms with Crippen molar-refractivity contribution in [1.82, 2.24) is 0 Å². The van der Waals surface area contributed by atoms with Gasteiger partial charge in [0, 0.05) is 16.3 Å². The highest BCUT2D eigenvalue weighted by Gasteiger charge is 2.48. The molecule has 5 rings (SSSR count). The van der Waals surface area contributed by atoms with E-state index >= 15 is 0 Å². The molecule has 1 aliphatic heterocycles. The van der Waals surface area contributed by atoms with Gasteiger partial charge in [-0.1, -0.05) is 66.2 Å². The first-order valence-electron chi connectivity index (χ1n) is 12.4. The van der Waals surface area contributed by atoms with Gasteiger partial charge >= 0.3 is 7.60 Å². The largest absolute Gasteiger partial charge is 0.507 e. The molecule has 39 heavy (non-hydrogen) atoms. The fourth-order valence-electron chi connectivity index (χ4n) is 5.09. The number of benzene rings is 4. The van der Waals surface area contributed by atoms with Crippen molar-refractivity contribution in [2.24, 2.45) is 5.92 Å². The molecule has 0 bridgehead atoms. The second kappa shape index (κ2) is 11.0. The van der Waals surface area contributed by atoms with E-state index in [1.54, 1.807) is 53.4 Å². The lowest BCUT2D eigenvalue weighted by Gasteiger charge is -2.48. The second-order valence-electron chi connectivity index (χ2n) is 9.61. The van der Waals surface area contributed by atoms with Gasteiger partial charge < -0.3 is 24.9 Å². The SMILES string of the molecule is O=C1[C@H](CC[C@H](O)c2ccc(Cl)cc2)C(c2ccc(-c3ccc(P(=O)(O)O)cc3)c(O)c2)N1c1ccccc1. The van der Waals surface area contributed by atoms with Crippen molar-refractivity contribution in [2.45, 2.75) is 25.0 Å². The number of amides is 1. The van der Waals surface area contributed by atoms with Gasteiger partial charge in [0.25, 0.3) is 0 Å². The van der Waals surface area contributed by atoms with Crippen LogP contribution in [0.15, 0.2) is 97.1 Å². The Bertz CT molecular complexity index is 1520. The number of anilines is 1. The maximum atomic E-state index is 13.3. The standard InChI is InChI=1S/C30H27ClNO6P/c31-22-11-6-20(7-12-22)27(33)17-16-26-29(32(30(26)35)23-4-2-1-3-5-23)21-10-15-25(28(34)18-21)19-8-13-24(14-9-19)39(36,37)38/h1-15,18,26-27,29,33-34H,16-17H2,(H2,36,37,38)/t26-,27+,29?/m1/s1. The van der Waals surface area contributed by atoms with Gasteiger partial charge in [0.2, 0.25) is 5.91 Å². The fraction of sp³-hybridized carbons (Fsp3) is 0.167. The molecule has 4 N–H and O–H groups in total. The fourth-order valence-corrected chi connectivity index (χ4v) is 5.75. The monoisotopic (exact) mass is 563 g/mol. The number of aromatic hydroxyl groups is 1. The lowest BCUT2D eigenvalue weighted by atomic mass is 9.78. The van der Waals surface area contributed by atoms with Crippen LogP contribution in [0.25, 0.3) is 11.1 Å². The number of halogens is 1. The van der Waals surface area contributed by atoms with Crippen molar-refractivity contribution in [3.05, 3.63) is 113 Å². The van der Waals surface area contributed by atoms with E-state index in [4.69, 9.17) is 11.6 Å². The van der Waals surface area contributed by atoms with Crippen molar-refractivity contribution >= 4 is 36.1 Å². The summed E-state index contributed by atoms with van der Waals surface area (Å²) in [4.78, 5) is 33.8. The average Bonchev–Trinajstić information content (AvgIpc) is 2.92. The third kappa shape index (κ3) is 5.64. The third-order valence-electron chi connectivity index (χ3n) is 7.13. The van der Waals surface area contributed by atoms with Gasteiger partial charge in [-0.15, -0.1) is 0 Å². The predicted molar refractivity (Wildman–Crippen MR) is 151 cm³/mol. The summed E-state index contributed by atoms with van der Waals surface area (Å²) in [7, 11) is -4.37. The number of nitrogens with zero attached hydrogens (tertiary/aromatic N) is 1. The zero-order valence-electron chi connectivity index (χ0n) is 20.8. The van der Waals surface area contributed by atoms with E-state index in [9.17, 15) is 29.4 Å². The molecule has 200 valence electrons. The zero-order valence-corrected chi connectivity index (χ0v) is 22.4. The molecular formula is C30H27ClNO6P. The first-order chi connectivity index (χ1) is 18.6. The molecule has 4 aromatic carbocycles. The van der Waals surface area contributed by atoms with E-state index in [2.05, 4.69) is 0 Å². The Morgan fingerprint density at radius 1 is 0.897 bits per heavy atom. The van der Waals surface area contributed by atoms with Crippen LogP contribution in [-0.4, -0.2) is 25.9 Å². The van der Waals surface area contributed by atoms with Crippen LogP contribution in [0.3, 0.4) is 0 Å². The normalized spacial score (nSPS) is 18.1. The van der Waals surface area contributed by atoms with Crippen molar-refractivity contribution in [3.8, 4) is 16.9 Å². The van der Waals surface area contributed by atoms with Crippen LogP contribution in [0.4, 0.5) is 5.69 Å². The summed E-state index contributed by atoms with van der Waals surface area (Å²) in [5, 5.41) is 22.1. The Balaban J connectivity index is 1.41. The van der Waals surface area contributed by atoms with Crippen molar-refractivity contribution in [2.75, 3.05) is 4.90 Å². The van der Waals surface area contributed by atoms with E-state index in [1.165, 1.54) is 12.1 Å². The number of para-hydroxylation sites is 1. The minimum absolute atomic E-state index is 0.0104. The minimum Gasteiger partial charge on any atom is -0.507 e. The van der Waals surface area contributed by atoms with Gasteiger partial charge in [0.15, 0.2) is 0 Å². The van der Waals surface area contributed by atoms with Crippen LogP contribution in [0.1, 0.15) is 36.1 Å². The van der Waals surface area contributed by atoms with Crippen LogP contribution in [0.5, 0.6) is 5.75 Å². The van der Waals surface area contributed by atoms with Gasteiger partial charge in [0.05, 0.1) is 23.4 Å². The summed E-state index contributed by atoms with van der Waals surface area (Å²) in [5.74, 6) is -0.449. The quantitative estimate of drug-likeness (QED) is 0.160. The zero-order chi connectivity index (χ0) is 27.7. The molecule has 1 amide bonds. The number of hydrogen-bond donors (Lipinski definition) is 4. The Hall–Kier alpha value is -3.45. The number of phenols is 1. The number of β-lactam (4-membered cyclic amide) rings is 1. The highest BCUT2D eigenvalue weighted by Crippen LogP contribution is 2.47. The van der Waals surface area contributed by atoms with Crippen LogP contribution >= 0.6 is 19.2 Å². The molecule has 4 aromatic rings. The van der Waals surface area contributed by atoms with Crippen LogP contribution < -0.4 is 10.2 Å². The minimum atomic E-state index is -4.37. The summed E-state index contributed by atoms with van der Waals surface area (Å²) in [6, 6.07) is 27.0. The number of phenolic OH excluding ortho intramolecular Hbond substituents is 1. The molecule has 0 radical (unpaired) electrons. The maximum Gasteiger partial charge on any atom is 0.356 e. The highest BCUT2D eigenvalue weighted by atomic mass is 35.5. The Morgan fingerprint density at radius 2 is 1.56 bits per heavy atom. The predicted octanol–water partition coefficient (Wildman–Crippen LogP) is 5.73. The van der Waals surface area contributed by atoms with E-state index < -0.39 is 13.7 Å². The summed E-state index contributed by atoms with van der Waals surface area (Å²) in [6.45, 7) is 0. The molecule has 0 spiro atoms. The van der Waals surface area contributed by atoms with Crippen molar-refractivity contribution in [1.29, 1.82) is 0 Å². The number of aliphatic hydroxyl groups excluding tert-OH is 1. The first kappa shape index (κ1) is 27.1. The molecule has 7 nitrogen and oxygen atoms in total. The molecule has 1 fully saturated rings. The van der Waals surface area contributed by atoms with Crippen LogP contribution in [-0.2, 0) is 9.36 Å². The average molecular weight is 564 g/mol. The third-order valence-corrected chi connectivity index (χ3v) is 8.35. The molecule has 9 heteroatoms. The molecule has 0 aromatic heterocycles. The van der Waals surface area contributed by atoms with E-state index in [0.717, 1.165) is 16.8 Å². The Morgan fingerprint density at radius 3 is 2.18 bits per heavy atom. The second-order valence-corrected chi connectivity index (χ2v) is 11.6. The molecule has 3 atom stereocenters. The molecular weight excluding hydrogens is 537 g/mol. The van der Waals surface area contributed by atoms with E-state index in [0.29, 0.717) is 29.0 Å². The van der Waals surface area contributed by atoms with Crippen LogP contribution in [0, 0.1) is 5.92 Å². The number of hydrogen-bond acceptors (Lipinski definition) is 4. The molecule has 1 unspecified atom stereocenters. The summed E-state index contributed by atoms with van der Waals surface area (Å²) < 4.78 is 11.5. The van der Waals surface area contributed by atoms with Crippen molar-refractivity contribution in [3.63, 3.8) is 0 Å². The van der Waals surface area contributed by atoms with Gasteiger partial charge in [0.1, 0.15) is 5.75 Å². The Labute approximate surface area is 231 Å². The topological polar surface area (TPSA) is 118 Å². The van der Waals surface area contributed by atoms with Gasteiger partial charge in [-0.3, -0.25) is 9.36 Å². The molecule has 1 heterocycles. The summed E-state index contributed by atoms with van der Waals surface area (Å²) in [5.41, 5.74) is 3.33. The summed E-state index contributed by atoms with van der Waals surface area (Å²) >= 11 is 5.96. The Kier molecular flexibility index (Phi) is 7.63. The molecule has 1 aliphatic rings. The number of carbonyl (C=O) groups is 1. The van der Waals surface area contributed by atoms with Gasteiger partial charge in [-0.2, -0.15) is 0 Å². The number of aliphatic hydroxyl groups is 1. The van der Waals surface area contributed by atoms with E-state index in [1.807, 2.05) is 36.4 Å².